The minimum absolute atomic E-state index is 0.143. The number of rotatable bonds is 5. The molecule has 31 heavy (non-hydrogen) atoms. The number of primary amides is 1. The molecule has 10 heteroatoms. The number of benzene rings is 2. The second-order valence-electron chi connectivity index (χ2n) is 7.34. The van der Waals surface area contributed by atoms with Gasteiger partial charge in [0, 0.05) is 11.9 Å². The van der Waals surface area contributed by atoms with E-state index in [2.05, 4.69) is 15.3 Å². The van der Waals surface area contributed by atoms with Crippen molar-refractivity contribution >= 4 is 34.2 Å². The summed E-state index contributed by atoms with van der Waals surface area (Å²) in [4.78, 5) is 22.4. The second kappa shape index (κ2) is 7.97. The molecule has 1 amide bonds. The molecule has 0 radical (unpaired) electrons. The average Bonchev–Trinajstić information content (AvgIpc) is 2.68. The fourth-order valence-corrected chi connectivity index (χ4v) is 4.00. The van der Waals surface area contributed by atoms with E-state index in [4.69, 9.17) is 17.3 Å². The molecule has 0 spiro atoms. The summed E-state index contributed by atoms with van der Waals surface area (Å²) >= 11 is 5.80. The lowest BCUT2D eigenvalue weighted by Gasteiger charge is -2.43. The van der Waals surface area contributed by atoms with Crippen LogP contribution in [0.15, 0.2) is 42.7 Å². The number of aromatic nitrogens is 2. The number of amides is 1. The lowest BCUT2D eigenvalue weighted by Crippen LogP contribution is -2.56. The summed E-state index contributed by atoms with van der Waals surface area (Å²) in [5.74, 6) is -0.120. The maximum Gasteiger partial charge on any atom is 0.417 e. The van der Waals surface area contributed by atoms with Crippen LogP contribution in [0.25, 0.3) is 10.9 Å². The van der Waals surface area contributed by atoms with Crippen LogP contribution in [0.1, 0.15) is 40.9 Å². The zero-order chi connectivity index (χ0) is 22.3. The fraction of sp³-hybridized carbons (Fsp3) is 0.286. The summed E-state index contributed by atoms with van der Waals surface area (Å²) in [6.07, 6.45) is -2.60. The monoisotopic (exact) mass is 449 g/mol. The summed E-state index contributed by atoms with van der Waals surface area (Å²) in [5, 5.41) is 3.51. The van der Waals surface area contributed by atoms with Crippen molar-refractivity contribution in [2.75, 3.05) is 11.4 Å². The van der Waals surface area contributed by atoms with Gasteiger partial charge in [0.1, 0.15) is 12.1 Å². The normalized spacial score (nSPS) is 17.3. The predicted octanol–water partition coefficient (Wildman–Crippen LogP) is 4.29. The van der Waals surface area contributed by atoms with Gasteiger partial charge in [-0.05, 0) is 43.2 Å². The number of nitrogens with two attached hydrogens (primary N) is 1. The molecule has 3 N–H and O–H groups in total. The van der Waals surface area contributed by atoms with E-state index in [9.17, 15) is 18.0 Å². The molecule has 3 aromatic rings. The number of carbonyl (C=O) groups excluding carboxylic acids is 1. The van der Waals surface area contributed by atoms with Crippen LogP contribution in [0.2, 0.25) is 5.02 Å². The molecule has 6 nitrogen and oxygen atoms in total. The Kier molecular flexibility index (Phi) is 5.49. The van der Waals surface area contributed by atoms with Crippen molar-refractivity contribution in [2.45, 2.75) is 31.7 Å². The highest BCUT2D eigenvalue weighted by Crippen LogP contribution is 2.39. The third-order valence-corrected chi connectivity index (χ3v) is 5.81. The van der Waals surface area contributed by atoms with Crippen molar-refractivity contribution < 1.29 is 18.0 Å². The highest BCUT2D eigenvalue weighted by atomic mass is 35.5. The molecule has 0 bridgehead atoms. The minimum Gasteiger partial charge on any atom is -0.366 e. The van der Waals surface area contributed by atoms with E-state index >= 15 is 0 Å². The van der Waals surface area contributed by atoms with E-state index in [1.54, 1.807) is 31.2 Å². The topological polar surface area (TPSA) is 84.1 Å². The summed E-state index contributed by atoms with van der Waals surface area (Å²) in [5.41, 5.74) is 5.67. The van der Waals surface area contributed by atoms with Crippen LogP contribution in [-0.4, -0.2) is 28.6 Å². The standard InChI is InChI=1S/C21H19ClF3N5O/c1-11(12-5-6-16(22)15(9-12)21(23,24)25)30(17-7-8-27-17)20-14-4-2-3-13(19(26)31)18(14)28-10-29-20/h2-6,9-11,17,27H,7-8H2,1H3,(H2,26,31). The van der Waals surface area contributed by atoms with Gasteiger partial charge in [-0.2, -0.15) is 13.2 Å². The largest absolute Gasteiger partial charge is 0.417 e. The SMILES string of the molecule is CC(c1ccc(Cl)c(C(F)(F)F)c1)N(c1ncnc2c(C(N)=O)cccc12)C1CCN1. The molecule has 2 unspecified atom stereocenters. The quantitative estimate of drug-likeness (QED) is 0.607. The Hall–Kier alpha value is -2.91. The van der Waals surface area contributed by atoms with E-state index in [-0.39, 0.29) is 16.8 Å². The number of anilines is 1. The molecular formula is C21H19ClF3N5O. The highest BCUT2D eigenvalue weighted by molar-refractivity contribution is 6.31. The maximum atomic E-state index is 13.4. The maximum absolute atomic E-state index is 13.4. The summed E-state index contributed by atoms with van der Waals surface area (Å²) in [6.45, 7) is 2.58. The molecule has 1 fully saturated rings. The van der Waals surface area contributed by atoms with Crippen LogP contribution in [0.4, 0.5) is 19.0 Å². The van der Waals surface area contributed by atoms with Crippen molar-refractivity contribution in [1.82, 2.24) is 15.3 Å². The summed E-state index contributed by atoms with van der Waals surface area (Å²) in [6, 6.07) is 8.43. The molecule has 1 aliphatic heterocycles. The van der Waals surface area contributed by atoms with Gasteiger partial charge < -0.3 is 10.6 Å². The third kappa shape index (κ3) is 3.90. The molecule has 1 saturated heterocycles. The molecule has 2 atom stereocenters. The zero-order valence-corrected chi connectivity index (χ0v) is 17.2. The number of fused-ring (bicyclic) bond motifs is 1. The molecule has 4 rings (SSSR count). The zero-order valence-electron chi connectivity index (χ0n) is 16.4. The van der Waals surface area contributed by atoms with Gasteiger partial charge in [0.15, 0.2) is 0 Å². The number of para-hydroxylation sites is 1. The number of hydrogen-bond donors (Lipinski definition) is 2. The number of nitrogens with zero attached hydrogens (tertiary/aromatic N) is 3. The van der Waals surface area contributed by atoms with Gasteiger partial charge in [-0.25, -0.2) is 9.97 Å². The van der Waals surface area contributed by atoms with Crippen LogP contribution in [-0.2, 0) is 6.18 Å². The van der Waals surface area contributed by atoms with Crippen molar-refractivity contribution in [2.24, 2.45) is 5.73 Å². The first-order valence-corrected chi connectivity index (χ1v) is 9.98. The van der Waals surface area contributed by atoms with Gasteiger partial charge in [0.05, 0.1) is 33.9 Å². The lowest BCUT2D eigenvalue weighted by atomic mass is 10.00. The van der Waals surface area contributed by atoms with Crippen LogP contribution in [0.5, 0.6) is 0 Å². The molecule has 2 aromatic carbocycles. The third-order valence-electron chi connectivity index (χ3n) is 5.48. The Morgan fingerprint density at radius 1 is 1.29 bits per heavy atom. The number of carbonyl (C=O) groups is 1. The van der Waals surface area contributed by atoms with Gasteiger partial charge in [-0.1, -0.05) is 23.7 Å². The van der Waals surface area contributed by atoms with E-state index in [1.165, 1.54) is 12.4 Å². The Balaban J connectivity index is 1.85. The van der Waals surface area contributed by atoms with Crippen molar-refractivity contribution in [3.05, 3.63) is 64.4 Å². The van der Waals surface area contributed by atoms with Gasteiger partial charge in [-0.15, -0.1) is 0 Å². The number of alkyl halides is 3. The van der Waals surface area contributed by atoms with Gasteiger partial charge in [0.25, 0.3) is 5.91 Å². The lowest BCUT2D eigenvalue weighted by molar-refractivity contribution is -0.137. The predicted molar refractivity (Wildman–Crippen MR) is 112 cm³/mol. The smallest absolute Gasteiger partial charge is 0.366 e. The van der Waals surface area contributed by atoms with Crippen LogP contribution >= 0.6 is 11.6 Å². The Morgan fingerprint density at radius 3 is 2.65 bits per heavy atom. The molecule has 1 aliphatic rings. The molecule has 2 heterocycles. The second-order valence-corrected chi connectivity index (χ2v) is 7.75. The first kappa shape index (κ1) is 21.3. The fourth-order valence-electron chi connectivity index (χ4n) is 3.77. The first-order valence-electron chi connectivity index (χ1n) is 9.60. The molecule has 1 aromatic heterocycles. The van der Waals surface area contributed by atoms with Crippen LogP contribution in [0.3, 0.4) is 0 Å². The van der Waals surface area contributed by atoms with Crippen molar-refractivity contribution in [3.8, 4) is 0 Å². The van der Waals surface area contributed by atoms with E-state index < -0.39 is 23.7 Å². The summed E-state index contributed by atoms with van der Waals surface area (Å²) < 4.78 is 40.2. The highest BCUT2D eigenvalue weighted by Gasteiger charge is 2.36. The average molecular weight is 450 g/mol. The molecule has 0 aliphatic carbocycles. The van der Waals surface area contributed by atoms with E-state index in [1.807, 2.05) is 4.90 Å². The van der Waals surface area contributed by atoms with Crippen LogP contribution < -0.4 is 16.0 Å². The van der Waals surface area contributed by atoms with Crippen molar-refractivity contribution in [1.29, 1.82) is 0 Å². The van der Waals surface area contributed by atoms with Gasteiger partial charge >= 0.3 is 6.18 Å². The number of nitrogens with one attached hydrogen (secondary N) is 1. The van der Waals surface area contributed by atoms with Crippen molar-refractivity contribution in [3.63, 3.8) is 0 Å². The summed E-state index contributed by atoms with van der Waals surface area (Å²) in [7, 11) is 0. The van der Waals surface area contributed by atoms with E-state index in [0.717, 1.165) is 19.0 Å². The van der Waals surface area contributed by atoms with E-state index in [0.29, 0.717) is 22.3 Å². The molecule has 162 valence electrons. The van der Waals surface area contributed by atoms with Gasteiger partial charge in [0.2, 0.25) is 0 Å². The number of halogens is 4. The minimum atomic E-state index is -4.57. The number of hydrogen-bond acceptors (Lipinski definition) is 5. The molecule has 0 saturated carbocycles. The van der Waals surface area contributed by atoms with Gasteiger partial charge in [-0.3, -0.25) is 10.1 Å². The molecular weight excluding hydrogens is 431 g/mol. The Morgan fingerprint density at radius 2 is 2.03 bits per heavy atom. The Labute approximate surface area is 181 Å². The Bertz CT molecular complexity index is 1150. The van der Waals surface area contributed by atoms with Crippen LogP contribution in [0, 0.1) is 0 Å². The first-order chi connectivity index (χ1) is 14.7.